The summed E-state index contributed by atoms with van der Waals surface area (Å²) in [5, 5.41) is 9.24. The lowest BCUT2D eigenvalue weighted by Gasteiger charge is -2.25. The Kier molecular flexibility index (Phi) is 4.12. The van der Waals surface area contributed by atoms with Gasteiger partial charge in [0.25, 0.3) is 0 Å². The summed E-state index contributed by atoms with van der Waals surface area (Å²) in [5.74, 6) is 0.845. The molecule has 3 heteroatoms. The summed E-state index contributed by atoms with van der Waals surface area (Å²) >= 11 is 0. The van der Waals surface area contributed by atoms with Crippen LogP contribution in [-0.4, -0.2) is 25.4 Å². The fourth-order valence-corrected chi connectivity index (χ4v) is 1.43. The fraction of sp³-hybridized carbons (Fsp3) is 0.500. The Morgan fingerprint density at radius 3 is 2.33 bits per heavy atom. The molecule has 1 aromatic carbocycles. The molecule has 84 valence electrons. The van der Waals surface area contributed by atoms with Crippen LogP contribution in [0.4, 0.5) is 0 Å². The molecule has 0 fully saturated rings. The predicted octanol–water partition coefficient (Wildman–Crippen LogP) is 1.20. The minimum Gasteiger partial charge on any atom is -0.497 e. The molecule has 0 heterocycles. The van der Waals surface area contributed by atoms with E-state index in [1.54, 1.807) is 7.11 Å². The number of methoxy groups -OCH3 is 1. The standard InChI is InChI=1S/C12H19NO2/c1-12(8-13,9-14)7-10-3-5-11(15-2)6-4-10/h3-6,14H,7-9,13H2,1-2H3. The van der Waals surface area contributed by atoms with Crippen LogP contribution in [0.1, 0.15) is 12.5 Å². The molecule has 0 amide bonds. The molecule has 0 aliphatic heterocycles. The first-order valence-electron chi connectivity index (χ1n) is 5.07. The largest absolute Gasteiger partial charge is 0.497 e. The first kappa shape index (κ1) is 12.0. The quantitative estimate of drug-likeness (QED) is 0.766. The van der Waals surface area contributed by atoms with Crippen LogP contribution in [0.15, 0.2) is 24.3 Å². The number of aliphatic hydroxyl groups excluding tert-OH is 1. The Balaban J connectivity index is 2.71. The Bertz CT molecular complexity index is 291. The molecule has 0 bridgehead atoms. The summed E-state index contributed by atoms with van der Waals surface area (Å²) < 4.78 is 5.08. The summed E-state index contributed by atoms with van der Waals surface area (Å²) in [4.78, 5) is 0. The molecule has 0 saturated carbocycles. The Morgan fingerprint density at radius 1 is 1.33 bits per heavy atom. The summed E-state index contributed by atoms with van der Waals surface area (Å²) in [6.07, 6.45) is 0.782. The van der Waals surface area contributed by atoms with E-state index in [9.17, 15) is 5.11 Å². The molecule has 0 aliphatic carbocycles. The number of hydrogen-bond acceptors (Lipinski definition) is 3. The maximum Gasteiger partial charge on any atom is 0.118 e. The number of hydrogen-bond donors (Lipinski definition) is 2. The van der Waals surface area contributed by atoms with Crippen molar-refractivity contribution in [1.82, 2.24) is 0 Å². The Labute approximate surface area is 90.9 Å². The van der Waals surface area contributed by atoms with Crippen LogP contribution in [0, 0.1) is 5.41 Å². The fourth-order valence-electron chi connectivity index (χ4n) is 1.43. The highest BCUT2D eigenvalue weighted by Crippen LogP contribution is 2.22. The van der Waals surface area contributed by atoms with Crippen molar-refractivity contribution in [3.8, 4) is 5.75 Å². The van der Waals surface area contributed by atoms with Gasteiger partial charge in [0.05, 0.1) is 7.11 Å². The van der Waals surface area contributed by atoms with Crippen LogP contribution >= 0.6 is 0 Å². The third-order valence-corrected chi connectivity index (χ3v) is 2.66. The van der Waals surface area contributed by atoms with Crippen LogP contribution in [-0.2, 0) is 6.42 Å². The molecule has 0 radical (unpaired) electrons. The van der Waals surface area contributed by atoms with Crippen molar-refractivity contribution in [3.63, 3.8) is 0 Å². The van der Waals surface area contributed by atoms with Crippen molar-refractivity contribution in [2.45, 2.75) is 13.3 Å². The molecule has 0 spiro atoms. The molecule has 1 rings (SSSR count). The molecule has 1 unspecified atom stereocenters. The smallest absolute Gasteiger partial charge is 0.118 e. The average molecular weight is 209 g/mol. The summed E-state index contributed by atoms with van der Waals surface area (Å²) in [6.45, 7) is 2.57. The Morgan fingerprint density at radius 2 is 1.93 bits per heavy atom. The van der Waals surface area contributed by atoms with Gasteiger partial charge >= 0.3 is 0 Å². The lowest BCUT2D eigenvalue weighted by Crippen LogP contribution is -2.33. The van der Waals surface area contributed by atoms with Crippen LogP contribution in [0.25, 0.3) is 0 Å². The van der Waals surface area contributed by atoms with Crippen LogP contribution in [0.5, 0.6) is 5.75 Å². The van der Waals surface area contributed by atoms with Gasteiger partial charge in [0, 0.05) is 18.6 Å². The second-order valence-corrected chi connectivity index (χ2v) is 4.20. The topological polar surface area (TPSA) is 55.5 Å². The molecule has 1 aromatic rings. The molecule has 3 nitrogen and oxygen atoms in total. The predicted molar refractivity (Wildman–Crippen MR) is 60.9 cm³/mol. The molecule has 0 aliphatic rings. The third-order valence-electron chi connectivity index (χ3n) is 2.66. The summed E-state index contributed by atoms with van der Waals surface area (Å²) in [6, 6.07) is 7.85. The van der Waals surface area contributed by atoms with E-state index in [-0.39, 0.29) is 12.0 Å². The van der Waals surface area contributed by atoms with E-state index in [0.717, 1.165) is 17.7 Å². The first-order valence-corrected chi connectivity index (χ1v) is 5.07. The maximum absolute atomic E-state index is 9.24. The van der Waals surface area contributed by atoms with Gasteiger partial charge in [-0.05, 0) is 24.1 Å². The maximum atomic E-state index is 9.24. The molecular formula is C12H19NO2. The van der Waals surface area contributed by atoms with Gasteiger partial charge in [-0.2, -0.15) is 0 Å². The van der Waals surface area contributed by atoms with Crippen molar-refractivity contribution in [2.24, 2.45) is 11.1 Å². The molecule has 3 N–H and O–H groups in total. The minimum absolute atomic E-state index is 0.107. The van der Waals surface area contributed by atoms with E-state index in [1.807, 2.05) is 31.2 Å². The first-order chi connectivity index (χ1) is 7.13. The van der Waals surface area contributed by atoms with Crippen LogP contribution in [0.3, 0.4) is 0 Å². The van der Waals surface area contributed by atoms with Crippen molar-refractivity contribution in [1.29, 1.82) is 0 Å². The van der Waals surface area contributed by atoms with Crippen molar-refractivity contribution >= 4 is 0 Å². The van der Waals surface area contributed by atoms with Gasteiger partial charge in [0.2, 0.25) is 0 Å². The van der Waals surface area contributed by atoms with Crippen molar-refractivity contribution in [3.05, 3.63) is 29.8 Å². The van der Waals surface area contributed by atoms with Gasteiger partial charge in [0.15, 0.2) is 0 Å². The van der Waals surface area contributed by atoms with E-state index >= 15 is 0 Å². The van der Waals surface area contributed by atoms with Gasteiger partial charge in [-0.15, -0.1) is 0 Å². The zero-order valence-corrected chi connectivity index (χ0v) is 9.36. The number of ether oxygens (including phenoxy) is 1. The van der Waals surface area contributed by atoms with Gasteiger partial charge < -0.3 is 15.6 Å². The van der Waals surface area contributed by atoms with E-state index < -0.39 is 0 Å². The van der Waals surface area contributed by atoms with Crippen molar-refractivity contribution in [2.75, 3.05) is 20.3 Å². The minimum atomic E-state index is -0.228. The van der Waals surface area contributed by atoms with E-state index in [4.69, 9.17) is 10.5 Å². The zero-order chi connectivity index (χ0) is 11.3. The molecule has 1 atom stereocenters. The summed E-state index contributed by atoms with van der Waals surface area (Å²) in [7, 11) is 1.65. The monoisotopic (exact) mass is 209 g/mol. The highest BCUT2D eigenvalue weighted by molar-refractivity contribution is 5.27. The Hall–Kier alpha value is -1.06. The molecule has 15 heavy (non-hydrogen) atoms. The number of nitrogens with two attached hydrogens (primary N) is 1. The van der Waals surface area contributed by atoms with Crippen LogP contribution < -0.4 is 10.5 Å². The summed E-state index contributed by atoms with van der Waals surface area (Å²) in [5.41, 5.74) is 6.57. The highest BCUT2D eigenvalue weighted by atomic mass is 16.5. The lowest BCUT2D eigenvalue weighted by atomic mass is 9.84. The van der Waals surface area contributed by atoms with Gasteiger partial charge in [-0.3, -0.25) is 0 Å². The van der Waals surface area contributed by atoms with E-state index in [2.05, 4.69) is 0 Å². The lowest BCUT2D eigenvalue weighted by molar-refractivity contribution is 0.149. The third kappa shape index (κ3) is 3.22. The zero-order valence-electron chi connectivity index (χ0n) is 9.36. The number of rotatable bonds is 5. The molecule has 0 aromatic heterocycles. The van der Waals surface area contributed by atoms with Gasteiger partial charge in [-0.1, -0.05) is 19.1 Å². The second kappa shape index (κ2) is 5.14. The highest BCUT2D eigenvalue weighted by Gasteiger charge is 2.21. The normalized spacial score (nSPS) is 14.7. The number of benzene rings is 1. The second-order valence-electron chi connectivity index (χ2n) is 4.20. The number of aliphatic hydroxyl groups is 1. The van der Waals surface area contributed by atoms with E-state index in [1.165, 1.54) is 0 Å². The SMILES string of the molecule is COc1ccc(CC(C)(CN)CO)cc1. The van der Waals surface area contributed by atoms with E-state index in [0.29, 0.717) is 6.54 Å². The van der Waals surface area contributed by atoms with Crippen molar-refractivity contribution < 1.29 is 9.84 Å². The van der Waals surface area contributed by atoms with Crippen LogP contribution in [0.2, 0.25) is 0 Å². The molecule has 0 saturated heterocycles. The van der Waals surface area contributed by atoms with Gasteiger partial charge in [-0.25, -0.2) is 0 Å². The van der Waals surface area contributed by atoms with Gasteiger partial charge in [0.1, 0.15) is 5.75 Å². The average Bonchev–Trinajstić information content (AvgIpc) is 2.30. The molecular weight excluding hydrogens is 190 g/mol.